The van der Waals surface area contributed by atoms with Crippen molar-refractivity contribution in [1.29, 1.82) is 5.41 Å². The highest BCUT2D eigenvalue weighted by Gasteiger charge is 2.15. The molecule has 0 spiro atoms. The summed E-state index contributed by atoms with van der Waals surface area (Å²) in [7, 11) is 2.00. The first-order valence-corrected chi connectivity index (χ1v) is 10.1. The summed E-state index contributed by atoms with van der Waals surface area (Å²) < 4.78 is 2.08. The molecule has 7 heteroatoms. The van der Waals surface area contributed by atoms with E-state index in [2.05, 4.69) is 9.88 Å². The monoisotopic (exact) mass is 447 g/mol. The highest BCUT2D eigenvalue weighted by Crippen LogP contribution is 2.23. The molecule has 0 atom stereocenters. The lowest BCUT2D eigenvalue weighted by atomic mass is 10.1. The molecule has 32 heavy (non-hydrogen) atoms. The zero-order chi connectivity index (χ0) is 22.0. The summed E-state index contributed by atoms with van der Waals surface area (Å²) in [6.07, 6.45) is 0.651. The second-order valence-electron chi connectivity index (χ2n) is 7.70. The minimum atomic E-state index is -0.110. The summed E-state index contributed by atoms with van der Waals surface area (Å²) in [4.78, 5) is 17.5. The summed E-state index contributed by atoms with van der Waals surface area (Å²) in [6.45, 7) is 2.49. The molecule has 0 unspecified atom stereocenters. The van der Waals surface area contributed by atoms with Crippen molar-refractivity contribution in [2.45, 2.75) is 19.9 Å². The van der Waals surface area contributed by atoms with E-state index in [9.17, 15) is 4.79 Å². The van der Waals surface area contributed by atoms with Gasteiger partial charge >= 0.3 is 0 Å². The Balaban J connectivity index is 0.00000289. The number of fused-ring (bicyclic) bond motifs is 1. The van der Waals surface area contributed by atoms with Gasteiger partial charge in [-0.2, -0.15) is 0 Å². The zero-order valence-corrected chi connectivity index (χ0v) is 18.9. The predicted octanol–water partition coefficient (Wildman–Crippen LogP) is 4.11. The Kier molecular flexibility index (Phi) is 6.95. The quantitative estimate of drug-likeness (QED) is 0.306. The number of nitrogens with two attached hydrogens (primary N) is 1. The van der Waals surface area contributed by atoms with Crippen LogP contribution in [0.2, 0.25) is 0 Å². The number of rotatable bonds is 6. The van der Waals surface area contributed by atoms with Crippen molar-refractivity contribution >= 4 is 35.2 Å². The molecule has 6 nitrogen and oxygen atoms in total. The molecule has 4 rings (SSSR count). The van der Waals surface area contributed by atoms with Crippen molar-refractivity contribution in [3.05, 3.63) is 100 Å². The Morgan fingerprint density at radius 1 is 1.03 bits per heavy atom. The minimum Gasteiger partial charge on any atom is -0.384 e. The Morgan fingerprint density at radius 2 is 1.72 bits per heavy atom. The van der Waals surface area contributed by atoms with Crippen molar-refractivity contribution < 1.29 is 4.79 Å². The van der Waals surface area contributed by atoms with E-state index < -0.39 is 0 Å². The maximum atomic E-state index is 12.7. The molecule has 0 aliphatic carbocycles. The molecule has 3 aromatic carbocycles. The van der Waals surface area contributed by atoms with Gasteiger partial charge in [-0.15, -0.1) is 12.4 Å². The summed E-state index contributed by atoms with van der Waals surface area (Å²) >= 11 is 0. The van der Waals surface area contributed by atoms with Crippen molar-refractivity contribution in [3.63, 3.8) is 0 Å². The normalized spacial score (nSPS) is 10.6. The van der Waals surface area contributed by atoms with Crippen LogP contribution in [0.1, 0.15) is 38.4 Å². The molecule has 0 bridgehead atoms. The van der Waals surface area contributed by atoms with E-state index in [1.165, 1.54) is 0 Å². The topological polar surface area (TPSA) is 96.8 Å². The van der Waals surface area contributed by atoms with Crippen LogP contribution in [0.4, 0.5) is 0 Å². The van der Waals surface area contributed by atoms with Crippen molar-refractivity contribution in [2.75, 3.05) is 0 Å². The molecular formula is C25H26ClN5O. The van der Waals surface area contributed by atoms with Crippen molar-refractivity contribution in [3.8, 4) is 0 Å². The highest BCUT2D eigenvalue weighted by atomic mass is 35.5. The molecule has 0 aliphatic rings. The molecule has 164 valence electrons. The van der Waals surface area contributed by atoms with Gasteiger partial charge in [0.1, 0.15) is 11.7 Å². The molecule has 0 saturated heterocycles. The molecule has 0 saturated carbocycles. The molecular weight excluding hydrogens is 422 g/mol. The largest absolute Gasteiger partial charge is 0.384 e. The van der Waals surface area contributed by atoms with Crippen LogP contribution >= 0.6 is 12.4 Å². The van der Waals surface area contributed by atoms with Crippen LogP contribution < -0.4 is 11.1 Å². The number of amidine groups is 1. The maximum absolute atomic E-state index is 12.7. The zero-order valence-electron chi connectivity index (χ0n) is 18.1. The second-order valence-corrected chi connectivity index (χ2v) is 7.70. The van der Waals surface area contributed by atoms with Crippen molar-refractivity contribution in [1.82, 2.24) is 14.9 Å². The van der Waals surface area contributed by atoms with Crippen LogP contribution in [0.3, 0.4) is 0 Å². The first kappa shape index (κ1) is 23.0. The van der Waals surface area contributed by atoms with Crippen LogP contribution in [0.5, 0.6) is 0 Å². The number of imidazole rings is 1. The van der Waals surface area contributed by atoms with Crippen LogP contribution in [0.25, 0.3) is 11.0 Å². The van der Waals surface area contributed by atoms with Gasteiger partial charge in [-0.05, 0) is 35.7 Å². The summed E-state index contributed by atoms with van der Waals surface area (Å²) in [5, 5.41) is 10.5. The minimum absolute atomic E-state index is 0. The number of nitrogens with zero attached hydrogens (tertiary/aromatic N) is 2. The van der Waals surface area contributed by atoms with Gasteiger partial charge in [0.05, 0.1) is 11.0 Å². The third-order valence-electron chi connectivity index (χ3n) is 5.44. The van der Waals surface area contributed by atoms with Gasteiger partial charge in [-0.1, -0.05) is 54.6 Å². The molecule has 0 fully saturated rings. The summed E-state index contributed by atoms with van der Waals surface area (Å²) in [5.41, 5.74) is 11.8. The fourth-order valence-corrected chi connectivity index (χ4v) is 3.78. The summed E-state index contributed by atoms with van der Waals surface area (Å²) in [6, 6.07) is 21.2. The van der Waals surface area contributed by atoms with Gasteiger partial charge < -0.3 is 15.6 Å². The molecule has 0 aliphatic heterocycles. The lowest BCUT2D eigenvalue weighted by Gasteiger charge is -2.08. The number of aromatic nitrogens is 2. The van der Waals surface area contributed by atoms with E-state index in [1.807, 2.05) is 80.7 Å². The number of nitrogen functional groups attached to an aromatic ring is 1. The SMILES string of the molecule is Cc1cc(C(=O)NCc2ccccc2)cc2nc(Cc3ccc(C(=N)N)cc3)n(C)c12.Cl. The van der Waals surface area contributed by atoms with Gasteiger partial charge in [-0.25, -0.2) is 4.98 Å². The fraction of sp³-hybridized carbons (Fsp3) is 0.160. The lowest BCUT2D eigenvalue weighted by Crippen LogP contribution is -2.22. The second kappa shape index (κ2) is 9.66. The molecule has 0 radical (unpaired) electrons. The number of amides is 1. The predicted molar refractivity (Wildman–Crippen MR) is 131 cm³/mol. The maximum Gasteiger partial charge on any atom is 0.251 e. The number of aryl methyl sites for hydroxylation is 2. The highest BCUT2D eigenvalue weighted by molar-refractivity contribution is 5.98. The van der Waals surface area contributed by atoms with Crippen molar-refractivity contribution in [2.24, 2.45) is 12.8 Å². The average molecular weight is 448 g/mol. The van der Waals surface area contributed by atoms with E-state index in [-0.39, 0.29) is 24.1 Å². The van der Waals surface area contributed by atoms with E-state index in [4.69, 9.17) is 16.1 Å². The molecule has 1 aromatic heterocycles. The molecule has 4 N–H and O–H groups in total. The third kappa shape index (κ3) is 4.81. The van der Waals surface area contributed by atoms with Crippen LogP contribution in [0.15, 0.2) is 66.7 Å². The number of hydrogen-bond donors (Lipinski definition) is 3. The Bertz CT molecular complexity index is 1260. The fourth-order valence-electron chi connectivity index (χ4n) is 3.78. The molecule has 1 amide bonds. The van der Waals surface area contributed by atoms with E-state index in [0.29, 0.717) is 24.1 Å². The molecule has 1 heterocycles. The number of nitrogens with one attached hydrogen (secondary N) is 2. The van der Waals surface area contributed by atoms with E-state index >= 15 is 0 Å². The Hall–Kier alpha value is -3.64. The van der Waals surface area contributed by atoms with E-state index in [0.717, 1.165) is 33.5 Å². The number of halogens is 1. The van der Waals surface area contributed by atoms with Gasteiger partial charge in [0.2, 0.25) is 0 Å². The number of carbonyl (C=O) groups excluding carboxylic acids is 1. The average Bonchev–Trinajstić information content (AvgIpc) is 3.08. The lowest BCUT2D eigenvalue weighted by molar-refractivity contribution is 0.0951. The van der Waals surface area contributed by atoms with Gasteiger partial charge in [0.25, 0.3) is 5.91 Å². The molecule has 4 aromatic rings. The third-order valence-corrected chi connectivity index (χ3v) is 5.44. The Morgan fingerprint density at radius 3 is 2.38 bits per heavy atom. The van der Waals surface area contributed by atoms with Gasteiger partial charge in [-0.3, -0.25) is 10.2 Å². The van der Waals surface area contributed by atoms with E-state index in [1.54, 1.807) is 0 Å². The van der Waals surface area contributed by atoms with Crippen LogP contribution in [0, 0.1) is 12.3 Å². The first-order chi connectivity index (χ1) is 14.9. The number of hydrogen-bond acceptors (Lipinski definition) is 3. The standard InChI is InChI=1S/C25H25N5O.ClH/c1-16-12-20(25(31)28-15-18-6-4-3-5-7-18)14-21-23(16)30(2)22(29-21)13-17-8-10-19(11-9-17)24(26)27;/h3-12,14H,13,15H2,1-2H3,(H3,26,27)(H,28,31);1H. The van der Waals surface area contributed by atoms with Gasteiger partial charge in [0, 0.05) is 31.1 Å². The first-order valence-electron chi connectivity index (χ1n) is 10.1. The smallest absolute Gasteiger partial charge is 0.251 e. The Labute approximate surface area is 193 Å². The van der Waals surface area contributed by atoms with Crippen LogP contribution in [-0.2, 0) is 20.0 Å². The van der Waals surface area contributed by atoms with Crippen LogP contribution in [-0.4, -0.2) is 21.3 Å². The number of carbonyl (C=O) groups is 1. The number of benzene rings is 3. The van der Waals surface area contributed by atoms with Gasteiger partial charge in [0.15, 0.2) is 0 Å². The summed E-state index contributed by atoms with van der Waals surface area (Å²) in [5.74, 6) is 0.861.